The summed E-state index contributed by atoms with van der Waals surface area (Å²) in [6.07, 6.45) is 4.23. The van der Waals surface area contributed by atoms with Gasteiger partial charge in [-0.2, -0.15) is 5.10 Å². The Bertz CT molecular complexity index is 656. The van der Waals surface area contributed by atoms with E-state index in [0.29, 0.717) is 5.82 Å². The topological polar surface area (TPSA) is 53.1 Å². The summed E-state index contributed by atoms with van der Waals surface area (Å²) in [5.41, 5.74) is 9.34. The standard InChI is InChI=1S/C16H20BrN3O/c1-20-15(18)14(11-5-3-6-12(17)9-11)13(19-20)10-16(21-2)7-4-8-16/h3,5-6,9H,4,7-8,10,18H2,1-2H3. The minimum absolute atomic E-state index is 0.0540. The molecule has 21 heavy (non-hydrogen) atoms. The molecule has 0 amide bonds. The van der Waals surface area contributed by atoms with Gasteiger partial charge in [0.15, 0.2) is 0 Å². The number of aromatic nitrogens is 2. The fourth-order valence-electron chi connectivity index (χ4n) is 3.01. The number of nitrogen functional groups attached to an aromatic ring is 1. The molecule has 0 radical (unpaired) electrons. The Balaban J connectivity index is 2.03. The molecule has 0 aliphatic heterocycles. The first-order chi connectivity index (χ1) is 10.0. The lowest BCUT2D eigenvalue weighted by molar-refractivity contribution is -0.0714. The van der Waals surface area contributed by atoms with E-state index in [1.165, 1.54) is 6.42 Å². The second kappa shape index (κ2) is 5.46. The van der Waals surface area contributed by atoms with E-state index in [4.69, 9.17) is 10.5 Å². The van der Waals surface area contributed by atoms with E-state index >= 15 is 0 Å². The van der Waals surface area contributed by atoms with Gasteiger partial charge in [-0.25, -0.2) is 0 Å². The van der Waals surface area contributed by atoms with Crippen LogP contribution in [-0.4, -0.2) is 22.5 Å². The summed E-state index contributed by atoms with van der Waals surface area (Å²) in [5.74, 6) is 0.702. The second-order valence-electron chi connectivity index (χ2n) is 5.76. The van der Waals surface area contributed by atoms with Crippen molar-refractivity contribution in [2.24, 2.45) is 7.05 Å². The summed E-state index contributed by atoms with van der Waals surface area (Å²) >= 11 is 3.52. The van der Waals surface area contributed by atoms with Crippen LogP contribution in [0, 0.1) is 0 Å². The van der Waals surface area contributed by atoms with Crippen LogP contribution >= 0.6 is 15.9 Å². The van der Waals surface area contributed by atoms with Crippen molar-refractivity contribution in [1.29, 1.82) is 0 Å². The molecule has 1 aromatic heterocycles. The molecule has 0 bridgehead atoms. The molecule has 2 N–H and O–H groups in total. The Morgan fingerprint density at radius 3 is 2.76 bits per heavy atom. The number of ether oxygens (including phenoxy) is 1. The average Bonchev–Trinajstić information content (AvgIpc) is 2.69. The first-order valence-electron chi connectivity index (χ1n) is 7.17. The van der Waals surface area contributed by atoms with E-state index in [-0.39, 0.29) is 5.60 Å². The summed E-state index contributed by atoms with van der Waals surface area (Å²) < 4.78 is 8.54. The van der Waals surface area contributed by atoms with Gasteiger partial charge in [-0.1, -0.05) is 28.1 Å². The van der Waals surface area contributed by atoms with E-state index in [0.717, 1.165) is 40.6 Å². The summed E-state index contributed by atoms with van der Waals surface area (Å²) in [6.45, 7) is 0. The molecule has 0 atom stereocenters. The third kappa shape index (κ3) is 2.60. The van der Waals surface area contributed by atoms with Gasteiger partial charge >= 0.3 is 0 Å². The molecule has 1 aliphatic carbocycles. The maximum Gasteiger partial charge on any atom is 0.129 e. The van der Waals surface area contributed by atoms with Crippen molar-refractivity contribution in [1.82, 2.24) is 9.78 Å². The molecule has 1 heterocycles. The largest absolute Gasteiger partial charge is 0.383 e. The van der Waals surface area contributed by atoms with Crippen molar-refractivity contribution in [2.75, 3.05) is 12.8 Å². The molecule has 0 saturated heterocycles. The molecule has 1 aromatic carbocycles. The van der Waals surface area contributed by atoms with Crippen molar-refractivity contribution < 1.29 is 4.74 Å². The van der Waals surface area contributed by atoms with Gasteiger partial charge in [0, 0.05) is 30.6 Å². The Kier molecular flexibility index (Phi) is 3.80. The highest BCUT2D eigenvalue weighted by molar-refractivity contribution is 9.10. The molecule has 1 saturated carbocycles. The summed E-state index contributed by atoms with van der Waals surface area (Å²) in [5, 5.41) is 4.63. The molecule has 5 heteroatoms. The van der Waals surface area contributed by atoms with Crippen molar-refractivity contribution >= 4 is 21.7 Å². The van der Waals surface area contributed by atoms with Gasteiger partial charge in [-0.15, -0.1) is 0 Å². The van der Waals surface area contributed by atoms with E-state index in [1.54, 1.807) is 11.8 Å². The fraction of sp³-hybridized carbons (Fsp3) is 0.438. The van der Waals surface area contributed by atoms with Gasteiger partial charge in [0.25, 0.3) is 0 Å². The first-order valence-corrected chi connectivity index (χ1v) is 7.96. The fourth-order valence-corrected chi connectivity index (χ4v) is 3.41. The maximum absolute atomic E-state index is 6.25. The Hall–Kier alpha value is -1.33. The van der Waals surface area contributed by atoms with E-state index < -0.39 is 0 Å². The zero-order valence-electron chi connectivity index (χ0n) is 12.4. The SMILES string of the molecule is COC1(Cc2nn(C)c(N)c2-c2cccc(Br)c2)CCC1. The second-order valence-corrected chi connectivity index (χ2v) is 6.67. The number of nitrogens with zero attached hydrogens (tertiary/aromatic N) is 2. The number of anilines is 1. The molecular weight excluding hydrogens is 330 g/mol. The van der Waals surface area contributed by atoms with Crippen LogP contribution in [0.25, 0.3) is 11.1 Å². The van der Waals surface area contributed by atoms with Crippen molar-refractivity contribution in [3.05, 3.63) is 34.4 Å². The molecular formula is C16H20BrN3O. The third-order valence-corrected chi connectivity index (χ3v) is 4.96. The Labute approximate surface area is 133 Å². The molecule has 3 rings (SSSR count). The van der Waals surface area contributed by atoms with Crippen LogP contribution in [0.1, 0.15) is 25.0 Å². The van der Waals surface area contributed by atoms with Crippen LogP contribution in [0.4, 0.5) is 5.82 Å². The number of hydrogen-bond donors (Lipinski definition) is 1. The van der Waals surface area contributed by atoms with Gasteiger partial charge in [0.05, 0.1) is 11.3 Å². The summed E-state index contributed by atoms with van der Waals surface area (Å²) in [6, 6.07) is 8.18. The first kappa shape index (κ1) is 14.6. The predicted molar refractivity (Wildman–Crippen MR) is 88.1 cm³/mol. The molecule has 0 unspecified atom stereocenters. The molecule has 0 spiro atoms. The number of aryl methyl sites for hydroxylation is 1. The monoisotopic (exact) mass is 349 g/mol. The van der Waals surface area contributed by atoms with Gasteiger partial charge in [-0.3, -0.25) is 4.68 Å². The van der Waals surface area contributed by atoms with Crippen LogP contribution < -0.4 is 5.73 Å². The lowest BCUT2D eigenvalue weighted by Crippen LogP contribution is -2.41. The minimum Gasteiger partial charge on any atom is -0.383 e. The van der Waals surface area contributed by atoms with Crippen LogP contribution in [-0.2, 0) is 18.2 Å². The summed E-state index contributed by atoms with van der Waals surface area (Å²) in [7, 11) is 3.69. The molecule has 1 aliphatic rings. The number of methoxy groups -OCH3 is 1. The van der Waals surface area contributed by atoms with Crippen molar-refractivity contribution in [3.8, 4) is 11.1 Å². The maximum atomic E-state index is 6.25. The summed E-state index contributed by atoms with van der Waals surface area (Å²) in [4.78, 5) is 0. The van der Waals surface area contributed by atoms with Gasteiger partial charge < -0.3 is 10.5 Å². The lowest BCUT2D eigenvalue weighted by Gasteiger charge is -2.40. The highest BCUT2D eigenvalue weighted by atomic mass is 79.9. The van der Waals surface area contributed by atoms with Crippen LogP contribution in [0.3, 0.4) is 0 Å². The number of halogens is 1. The molecule has 1 fully saturated rings. The van der Waals surface area contributed by atoms with E-state index in [1.807, 2.05) is 19.2 Å². The van der Waals surface area contributed by atoms with Gasteiger partial charge in [0.1, 0.15) is 5.82 Å². The quantitative estimate of drug-likeness (QED) is 0.918. The number of hydrogen-bond acceptors (Lipinski definition) is 3. The van der Waals surface area contributed by atoms with Crippen LogP contribution in [0.2, 0.25) is 0 Å². The number of benzene rings is 1. The van der Waals surface area contributed by atoms with Crippen molar-refractivity contribution in [2.45, 2.75) is 31.3 Å². The van der Waals surface area contributed by atoms with Gasteiger partial charge in [-0.05, 0) is 37.0 Å². The predicted octanol–water partition coefficient (Wildman–Crippen LogP) is 3.54. The highest BCUT2D eigenvalue weighted by Gasteiger charge is 2.39. The van der Waals surface area contributed by atoms with Crippen LogP contribution in [0.5, 0.6) is 0 Å². The molecule has 2 aromatic rings. The van der Waals surface area contributed by atoms with Gasteiger partial charge in [0.2, 0.25) is 0 Å². The minimum atomic E-state index is -0.0540. The highest BCUT2D eigenvalue weighted by Crippen LogP contribution is 2.41. The zero-order chi connectivity index (χ0) is 15.0. The number of nitrogens with two attached hydrogens (primary N) is 1. The zero-order valence-corrected chi connectivity index (χ0v) is 14.0. The van der Waals surface area contributed by atoms with Crippen molar-refractivity contribution in [3.63, 3.8) is 0 Å². The normalized spacial score (nSPS) is 16.7. The van der Waals surface area contributed by atoms with Crippen LogP contribution in [0.15, 0.2) is 28.7 Å². The third-order valence-electron chi connectivity index (χ3n) is 4.46. The van der Waals surface area contributed by atoms with E-state index in [2.05, 4.69) is 33.2 Å². The lowest BCUT2D eigenvalue weighted by atomic mass is 9.76. The smallest absolute Gasteiger partial charge is 0.129 e. The Morgan fingerprint density at radius 1 is 1.43 bits per heavy atom. The average molecular weight is 350 g/mol. The molecule has 112 valence electrons. The number of rotatable bonds is 4. The van der Waals surface area contributed by atoms with E-state index in [9.17, 15) is 0 Å². The molecule has 4 nitrogen and oxygen atoms in total. The Morgan fingerprint density at radius 2 is 2.19 bits per heavy atom.